The molecule has 0 bridgehead atoms. The van der Waals surface area contributed by atoms with Crippen molar-refractivity contribution < 1.29 is 4.79 Å². The number of carbonyl (C=O) groups is 1. The van der Waals surface area contributed by atoms with E-state index in [1.807, 2.05) is 0 Å². The van der Waals surface area contributed by atoms with Gasteiger partial charge in [0.15, 0.2) is 0 Å². The largest absolute Gasteiger partial charge is 0.356 e. The normalized spacial score (nSPS) is 18.8. The summed E-state index contributed by atoms with van der Waals surface area (Å²) in [6, 6.07) is 0.481. The quantitative estimate of drug-likeness (QED) is 0.459. The molecule has 1 unspecified atom stereocenters. The second-order valence-corrected chi connectivity index (χ2v) is 3.72. The molecular weight excluding hydrogens is 150 g/mol. The molecule has 1 aliphatic carbocycles. The van der Waals surface area contributed by atoms with Gasteiger partial charge in [-0.05, 0) is 25.2 Å². The van der Waals surface area contributed by atoms with E-state index in [1.54, 1.807) is 0 Å². The number of hydrogen-bond acceptors (Lipinski definition) is 1. The smallest absolute Gasteiger partial charge is 0.207 e. The van der Waals surface area contributed by atoms with E-state index in [9.17, 15) is 4.79 Å². The van der Waals surface area contributed by atoms with E-state index in [0.717, 1.165) is 12.3 Å². The number of amides is 1. The van der Waals surface area contributed by atoms with Crippen LogP contribution in [0.1, 0.15) is 45.4 Å². The number of rotatable bonds is 7. The van der Waals surface area contributed by atoms with E-state index >= 15 is 0 Å². The summed E-state index contributed by atoms with van der Waals surface area (Å²) in [6.07, 6.45) is 8.49. The van der Waals surface area contributed by atoms with Gasteiger partial charge in [0.05, 0.1) is 0 Å². The maximum absolute atomic E-state index is 10.3. The van der Waals surface area contributed by atoms with Gasteiger partial charge in [-0.3, -0.25) is 4.79 Å². The molecule has 0 aliphatic heterocycles. The topological polar surface area (TPSA) is 29.1 Å². The Morgan fingerprint density at radius 2 is 2.25 bits per heavy atom. The third kappa shape index (κ3) is 3.24. The van der Waals surface area contributed by atoms with E-state index in [4.69, 9.17) is 0 Å². The van der Waals surface area contributed by atoms with Crippen molar-refractivity contribution in [1.82, 2.24) is 5.32 Å². The first-order valence-electron chi connectivity index (χ1n) is 5.08. The summed E-state index contributed by atoms with van der Waals surface area (Å²) in [6.45, 7) is 2.21. The van der Waals surface area contributed by atoms with Gasteiger partial charge in [-0.2, -0.15) is 0 Å². The van der Waals surface area contributed by atoms with Gasteiger partial charge in [0.25, 0.3) is 0 Å². The van der Waals surface area contributed by atoms with E-state index < -0.39 is 0 Å². The van der Waals surface area contributed by atoms with Crippen LogP contribution in [0.3, 0.4) is 0 Å². The van der Waals surface area contributed by atoms with Gasteiger partial charge in [-0.25, -0.2) is 0 Å². The van der Waals surface area contributed by atoms with Crippen molar-refractivity contribution in [3.05, 3.63) is 0 Å². The summed E-state index contributed by atoms with van der Waals surface area (Å²) in [5.74, 6) is 0.798. The summed E-state index contributed by atoms with van der Waals surface area (Å²) in [5, 5.41) is 2.92. The monoisotopic (exact) mass is 169 g/mol. The van der Waals surface area contributed by atoms with Crippen molar-refractivity contribution in [1.29, 1.82) is 0 Å². The zero-order chi connectivity index (χ0) is 8.81. The fourth-order valence-corrected chi connectivity index (χ4v) is 1.66. The van der Waals surface area contributed by atoms with Crippen molar-refractivity contribution in [2.75, 3.05) is 0 Å². The third-order valence-corrected chi connectivity index (χ3v) is 2.59. The van der Waals surface area contributed by atoms with Crippen LogP contribution in [-0.4, -0.2) is 12.5 Å². The number of nitrogens with one attached hydrogen (secondary N) is 1. The first-order valence-corrected chi connectivity index (χ1v) is 5.08. The summed E-state index contributed by atoms with van der Waals surface area (Å²) in [7, 11) is 0. The molecule has 0 saturated heterocycles. The maximum Gasteiger partial charge on any atom is 0.207 e. The van der Waals surface area contributed by atoms with E-state index in [0.29, 0.717) is 6.04 Å². The molecule has 1 N–H and O–H groups in total. The minimum atomic E-state index is 0.481. The molecule has 0 aromatic carbocycles. The Balaban J connectivity index is 2.09. The van der Waals surface area contributed by atoms with Gasteiger partial charge in [-0.1, -0.05) is 26.2 Å². The summed E-state index contributed by atoms with van der Waals surface area (Å²) < 4.78 is 0. The maximum atomic E-state index is 10.3. The van der Waals surface area contributed by atoms with Crippen LogP contribution in [0.2, 0.25) is 0 Å². The standard InChI is InChI=1S/C10H19NO/c1-2-3-4-5-10(11-8-12)9-6-7-9/h8-10H,2-7H2,1H3,(H,11,12). The molecule has 1 saturated carbocycles. The number of hydrogen-bond donors (Lipinski definition) is 1. The van der Waals surface area contributed by atoms with Crippen molar-refractivity contribution in [3.8, 4) is 0 Å². The molecule has 2 nitrogen and oxygen atoms in total. The van der Waals surface area contributed by atoms with Crippen molar-refractivity contribution in [3.63, 3.8) is 0 Å². The van der Waals surface area contributed by atoms with Crippen LogP contribution >= 0.6 is 0 Å². The van der Waals surface area contributed by atoms with Crippen LogP contribution < -0.4 is 5.32 Å². The van der Waals surface area contributed by atoms with Crippen LogP contribution in [-0.2, 0) is 4.79 Å². The van der Waals surface area contributed by atoms with Gasteiger partial charge in [0, 0.05) is 6.04 Å². The highest BCUT2D eigenvalue weighted by molar-refractivity contribution is 5.46. The van der Waals surface area contributed by atoms with E-state index in [2.05, 4.69) is 12.2 Å². The number of carbonyl (C=O) groups excluding carboxylic acids is 1. The lowest BCUT2D eigenvalue weighted by Crippen LogP contribution is -2.29. The summed E-state index contributed by atoms with van der Waals surface area (Å²) >= 11 is 0. The van der Waals surface area contributed by atoms with Crippen molar-refractivity contribution in [2.24, 2.45) is 5.92 Å². The van der Waals surface area contributed by atoms with Crippen LogP contribution in [0.25, 0.3) is 0 Å². The van der Waals surface area contributed by atoms with E-state index in [-0.39, 0.29) is 0 Å². The molecule has 0 spiro atoms. The van der Waals surface area contributed by atoms with Gasteiger partial charge in [0.1, 0.15) is 0 Å². The molecule has 1 aliphatic rings. The molecule has 12 heavy (non-hydrogen) atoms. The molecule has 0 heterocycles. The van der Waals surface area contributed by atoms with Gasteiger partial charge >= 0.3 is 0 Å². The molecule has 1 rings (SSSR count). The molecule has 0 aromatic rings. The Morgan fingerprint density at radius 3 is 2.75 bits per heavy atom. The van der Waals surface area contributed by atoms with Crippen LogP contribution in [0, 0.1) is 5.92 Å². The molecule has 1 amide bonds. The Labute approximate surface area is 74.7 Å². The Bertz CT molecular complexity index is 132. The minimum absolute atomic E-state index is 0.481. The fraction of sp³-hybridized carbons (Fsp3) is 0.900. The van der Waals surface area contributed by atoms with Gasteiger partial charge < -0.3 is 5.32 Å². The zero-order valence-corrected chi connectivity index (χ0v) is 7.88. The summed E-state index contributed by atoms with van der Waals surface area (Å²) in [5.41, 5.74) is 0. The molecule has 70 valence electrons. The van der Waals surface area contributed by atoms with Crippen molar-refractivity contribution in [2.45, 2.75) is 51.5 Å². The number of unbranched alkanes of at least 4 members (excludes halogenated alkanes) is 2. The Morgan fingerprint density at radius 1 is 1.50 bits per heavy atom. The van der Waals surface area contributed by atoms with E-state index in [1.165, 1.54) is 38.5 Å². The summed E-state index contributed by atoms with van der Waals surface area (Å²) in [4.78, 5) is 10.3. The third-order valence-electron chi connectivity index (χ3n) is 2.59. The Hall–Kier alpha value is -0.530. The van der Waals surface area contributed by atoms with Crippen LogP contribution in [0.5, 0.6) is 0 Å². The molecule has 1 fully saturated rings. The first kappa shape index (κ1) is 9.56. The zero-order valence-electron chi connectivity index (χ0n) is 7.88. The molecule has 1 atom stereocenters. The Kier molecular flexibility index (Phi) is 4.12. The average Bonchev–Trinajstić information content (AvgIpc) is 2.86. The highest BCUT2D eigenvalue weighted by atomic mass is 16.1. The highest BCUT2D eigenvalue weighted by Gasteiger charge is 2.30. The SMILES string of the molecule is CCCCCC(NC=O)C1CC1. The molecular formula is C10H19NO. The van der Waals surface area contributed by atoms with Gasteiger partial charge in [-0.15, -0.1) is 0 Å². The predicted octanol–water partition coefficient (Wildman–Crippen LogP) is 2.09. The average molecular weight is 169 g/mol. The van der Waals surface area contributed by atoms with Crippen LogP contribution in [0.4, 0.5) is 0 Å². The molecule has 0 radical (unpaired) electrons. The van der Waals surface area contributed by atoms with Gasteiger partial charge in [0.2, 0.25) is 6.41 Å². The lowest BCUT2D eigenvalue weighted by molar-refractivity contribution is -0.110. The second-order valence-electron chi connectivity index (χ2n) is 3.72. The van der Waals surface area contributed by atoms with Crippen LogP contribution in [0.15, 0.2) is 0 Å². The predicted molar refractivity (Wildman–Crippen MR) is 49.9 cm³/mol. The molecule has 0 aromatic heterocycles. The minimum Gasteiger partial charge on any atom is -0.356 e. The molecule has 2 heteroatoms. The van der Waals surface area contributed by atoms with Crippen molar-refractivity contribution >= 4 is 6.41 Å². The second kappa shape index (κ2) is 5.18. The lowest BCUT2D eigenvalue weighted by Gasteiger charge is -2.14. The first-order chi connectivity index (χ1) is 5.88. The lowest BCUT2D eigenvalue weighted by atomic mass is 10.0. The fourth-order valence-electron chi connectivity index (χ4n) is 1.66. The highest BCUT2D eigenvalue weighted by Crippen LogP contribution is 2.34.